The monoisotopic (exact) mass is 350 g/mol. The molecule has 2 heterocycles. The molecule has 6 nitrogen and oxygen atoms in total. The zero-order valence-electron chi connectivity index (χ0n) is 13.8. The van der Waals surface area contributed by atoms with Gasteiger partial charge in [0.2, 0.25) is 5.91 Å². The van der Waals surface area contributed by atoms with Crippen molar-refractivity contribution in [3.8, 4) is 0 Å². The molecule has 3 N–H and O–H groups in total. The Balaban J connectivity index is 1.63. The van der Waals surface area contributed by atoms with Crippen LogP contribution in [-0.2, 0) is 9.59 Å². The van der Waals surface area contributed by atoms with E-state index in [1.165, 1.54) is 6.07 Å². The van der Waals surface area contributed by atoms with Crippen molar-refractivity contribution >= 4 is 17.5 Å². The van der Waals surface area contributed by atoms with E-state index in [4.69, 9.17) is 0 Å². The summed E-state index contributed by atoms with van der Waals surface area (Å²) in [6.45, 7) is 3.08. The largest absolute Gasteiger partial charge is 0.349 e. The molecule has 0 aliphatic carbocycles. The van der Waals surface area contributed by atoms with E-state index < -0.39 is 23.6 Å². The quantitative estimate of drug-likeness (QED) is 0.752. The third-order valence-corrected chi connectivity index (χ3v) is 4.48. The van der Waals surface area contributed by atoms with Crippen LogP contribution in [0.2, 0.25) is 0 Å². The number of carbonyl (C=O) groups excluding carboxylic acids is 2. The molecule has 1 fully saturated rings. The minimum absolute atomic E-state index is 0.00722. The standard InChI is InChI=1S/C17H20F2N4O2/c1-9(11-3-2-10(18)6-12(11)19)21-16(24)7-14-17(25)23-13-4-5-20-8-15(13)22-14/h2-3,6,9,13,15,20H,4-5,7-8H2,1H3,(H,21,24)(H,23,25)/t9-,13?,15?/m0/s1. The number of rotatable bonds is 4. The predicted molar refractivity (Wildman–Crippen MR) is 88.2 cm³/mol. The van der Waals surface area contributed by atoms with Crippen LogP contribution in [0.5, 0.6) is 0 Å². The third-order valence-electron chi connectivity index (χ3n) is 4.48. The number of carbonyl (C=O) groups is 2. The molecule has 8 heteroatoms. The van der Waals surface area contributed by atoms with E-state index in [9.17, 15) is 18.4 Å². The van der Waals surface area contributed by atoms with Crippen LogP contribution in [0.3, 0.4) is 0 Å². The maximum atomic E-state index is 13.8. The Morgan fingerprint density at radius 3 is 3.00 bits per heavy atom. The van der Waals surface area contributed by atoms with Gasteiger partial charge in [-0.15, -0.1) is 0 Å². The number of aliphatic imine (C=N–C) groups is 1. The number of benzene rings is 1. The molecule has 0 radical (unpaired) electrons. The van der Waals surface area contributed by atoms with Gasteiger partial charge in [0.25, 0.3) is 5.91 Å². The molecule has 1 saturated heterocycles. The molecule has 3 rings (SSSR count). The summed E-state index contributed by atoms with van der Waals surface area (Å²) >= 11 is 0. The van der Waals surface area contributed by atoms with Crippen LogP contribution >= 0.6 is 0 Å². The average Bonchev–Trinajstić information content (AvgIpc) is 2.55. The topological polar surface area (TPSA) is 82.6 Å². The molecule has 0 saturated carbocycles. The molecule has 2 aliphatic heterocycles. The van der Waals surface area contributed by atoms with E-state index in [-0.39, 0.29) is 35.7 Å². The van der Waals surface area contributed by atoms with E-state index >= 15 is 0 Å². The normalized spacial score (nSPS) is 24.0. The first-order chi connectivity index (χ1) is 11.9. The van der Waals surface area contributed by atoms with Crippen LogP contribution in [0.15, 0.2) is 23.2 Å². The molecule has 3 atom stereocenters. The van der Waals surface area contributed by atoms with E-state index in [1.54, 1.807) is 6.92 Å². The predicted octanol–water partition coefficient (Wildman–Crippen LogP) is 0.833. The number of piperidine rings is 1. The second-order valence-corrected chi connectivity index (χ2v) is 6.35. The van der Waals surface area contributed by atoms with Crippen molar-refractivity contribution in [3.63, 3.8) is 0 Å². The molecule has 134 valence electrons. The first-order valence-corrected chi connectivity index (χ1v) is 8.26. The summed E-state index contributed by atoms with van der Waals surface area (Å²) in [4.78, 5) is 28.7. The summed E-state index contributed by atoms with van der Waals surface area (Å²) in [7, 11) is 0. The lowest BCUT2D eigenvalue weighted by molar-refractivity contribution is -0.122. The first kappa shape index (κ1) is 17.5. The Bertz CT molecular complexity index is 723. The molecule has 2 unspecified atom stereocenters. The fourth-order valence-corrected chi connectivity index (χ4v) is 3.16. The number of nitrogens with zero attached hydrogens (tertiary/aromatic N) is 1. The van der Waals surface area contributed by atoms with Crippen molar-refractivity contribution < 1.29 is 18.4 Å². The second kappa shape index (κ2) is 7.26. The Morgan fingerprint density at radius 1 is 1.44 bits per heavy atom. The minimum atomic E-state index is -0.725. The van der Waals surface area contributed by atoms with Gasteiger partial charge in [0.1, 0.15) is 17.3 Å². The summed E-state index contributed by atoms with van der Waals surface area (Å²) in [6.07, 6.45) is 0.627. The van der Waals surface area contributed by atoms with Gasteiger partial charge in [-0.05, 0) is 26.0 Å². The van der Waals surface area contributed by atoms with E-state index in [0.29, 0.717) is 6.54 Å². The van der Waals surface area contributed by atoms with E-state index in [0.717, 1.165) is 25.1 Å². The Kier molecular flexibility index (Phi) is 5.08. The molecule has 0 aromatic heterocycles. The van der Waals surface area contributed by atoms with Crippen molar-refractivity contribution in [2.24, 2.45) is 4.99 Å². The van der Waals surface area contributed by atoms with Gasteiger partial charge in [-0.3, -0.25) is 14.6 Å². The van der Waals surface area contributed by atoms with Gasteiger partial charge < -0.3 is 16.0 Å². The van der Waals surface area contributed by atoms with Crippen molar-refractivity contribution in [3.05, 3.63) is 35.4 Å². The van der Waals surface area contributed by atoms with E-state index in [1.807, 2.05) is 0 Å². The number of amides is 2. The molecule has 25 heavy (non-hydrogen) atoms. The van der Waals surface area contributed by atoms with Crippen molar-refractivity contribution in [1.82, 2.24) is 16.0 Å². The van der Waals surface area contributed by atoms with Gasteiger partial charge in [-0.2, -0.15) is 0 Å². The van der Waals surface area contributed by atoms with Crippen LogP contribution in [0.25, 0.3) is 0 Å². The first-order valence-electron chi connectivity index (χ1n) is 8.26. The number of hydrogen-bond acceptors (Lipinski definition) is 4. The van der Waals surface area contributed by atoms with Gasteiger partial charge in [0.05, 0.1) is 24.5 Å². The highest BCUT2D eigenvalue weighted by Crippen LogP contribution is 2.18. The summed E-state index contributed by atoms with van der Waals surface area (Å²) in [6, 6.07) is 2.49. The second-order valence-electron chi connectivity index (χ2n) is 6.35. The summed E-state index contributed by atoms with van der Waals surface area (Å²) < 4.78 is 26.7. The highest BCUT2D eigenvalue weighted by molar-refractivity contribution is 6.42. The van der Waals surface area contributed by atoms with Crippen molar-refractivity contribution in [2.75, 3.05) is 13.1 Å². The Morgan fingerprint density at radius 2 is 2.24 bits per heavy atom. The maximum absolute atomic E-state index is 13.8. The Hall–Kier alpha value is -2.35. The summed E-state index contributed by atoms with van der Waals surface area (Å²) in [5.41, 5.74) is 0.357. The zero-order valence-corrected chi connectivity index (χ0v) is 13.8. The minimum Gasteiger partial charge on any atom is -0.349 e. The third kappa shape index (κ3) is 4.01. The molecule has 0 spiro atoms. The fraction of sp³-hybridized carbons (Fsp3) is 0.471. The van der Waals surface area contributed by atoms with Crippen LogP contribution in [0.1, 0.15) is 31.4 Å². The van der Waals surface area contributed by atoms with Crippen LogP contribution < -0.4 is 16.0 Å². The molecular weight excluding hydrogens is 330 g/mol. The highest BCUT2D eigenvalue weighted by Gasteiger charge is 2.33. The molecular formula is C17H20F2N4O2. The molecule has 1 aromatic carbocycles. The Labute approximate surface area is 144 Å². The van der Waals surface area contributed by atoms with Gasteiger partial charge in [-0.25, -0.2) is 8.78 Å². The lowest BCUT2D eigenvalue weighted by atomic mass is 9.98. The summed E-state index contributed by atoms with van der Waals surface area (Å²) in [5, 5.41) is 8.71. The highest BCUT2D eigenvalue weighted by atomic mass is 19.1. The maximum Gasteiger partial charge on any atom is 0.266 e. The van der Waals surface area contributed by atoms with Crippen molar-refractivity contribution in [1.29, 1.82) is 0 Å². The molecule has 1 aromatic rings. The number of halogens is 2. The molecule has 2 amide bonds. The smallest absolute Gasteiger partial charge is 0.266 e. The average molecular weight is 350 g/mol. The van der Waals surface area contributed by atoms with Crippen molar-refractivity contribution in [2.45, 2.75) is 37.9 Å². The van der Waals surface area contributed by atoms with Gasteiger partial charge in [0.15, 0.2) is 0 Å². The van der Waals surface area contributed by atoms with Gasteiger partial charge in [-0.1, -0.05) is 6.07 Å². The van der Waals surface area contributed by atoms with Crippen LogP contribution in [0, 0.1) is 11.6 Å². The van der Waals surface area contributed by atoms with Gasteiger partial charge >= 0.3 is 0 Å². The lowest BCUT2D eigenvalue weighted by Crippen LogP contribution is -2.57. The SMILES string of the molecule is C[C@H](NC(=O)CC1=NC2CNCCC2NC1=O)c1ccc(F)cc1F. The number of fused-ring (bicyclic) bond motifs is 1. The van der Waals surface area contributed by atoms with Crippen LogP contribution in [0.4, 0.5) is 8.78 Å². The number of hydrogen-bond donors (Lipinski definition) is 3. The molecule has 2 aliphatic rings. The zero-order chi connectivity index (χ0) is 18.0. The van der Waals surface area contributed by atoms with E-state index in [2.05, 4.69) is 20.9 Å². The number of nitrogens with one attached hydrogen (secondary N) is 3. The van der Waals surface area contributed by atoms with Gasteiger partial charge in [0, 0.05) is 18.2 Å². The van der Waals surface area contributed by atoms with Crippen LogP contribution in [-0.4, -0.2) is 42.7 Å². The lowest BCUT2D eigenvalue weighted by Gasteiger charge is -2.34. The summed E-state index contributed by atoms with van der Waals surface area (Å²) in [5.74, 6) is -2.17. The molecule has 0 bridgehead atoms. The fourth-order valence-electron chi connectivity index (χ4n) is 3.16.